The van der Waals surface area contributed by atoms with Crippen LogP contribution in [0.4, 0.5) is 5.69 Å². The van der Waals surface area contributed by atoms with Crippen LogP contribution < -0.4 is 10.2 Å². The van der Waals surface area contributed by atoms with Crippen molar-refractivity contribution in [1.29, 1.82) is 0 Å². The summed E-state index contributed by atoms with van der Waals surface area (Å²) in [6.07, 6.45) is 4.44. The van der Waals surface area contributed by atoms with E-state index in [-0.39, 0.29) is 32.0 Å². The van der Waals surface area contributed by atoms with Gasteiger partial charge in [0.1, 0.15) is 29.8 Å². The number of amides is 3. The van der Waals surface area contributed by atoms with Crippen molar-refractivity contribution in [3.8, 4) is 0 Å². The summed E-state index contributed by atoms with van der Waals surface area (Å²) in [4.78, 5) is 59.4. The summed E-state index contributed by atoms with van der Waals surface area (Å²) in [5.74, 6) is -3.85. The predicted molar refractivity (Wildman–Crippen MR) is 174 cm³/mol. The number of hydrogen-bond donors (Lipinski definition) is 2. The van der Waals surface area contributed by atoms with Crippen LogP contribution in [0.15, 0.2) is 71.2 Å². The Labute approximate surface area is 276 Å². The van der Waals surface area contributed by atoms with Gasteiger partial charge in [0.2, 0.25) is 11.8 Å². The zero-order valence-corrected chi connectivity index (χ0v) is 27.6. The molecule has 0 saturated carbocycles. The van der Waals surface area contributed by atoms with Crippen molar-refractivity contribution in [2.24, 2.45) is 11.8 Å². The Kier molecular flexibility index (Phi) is 8.93. The molecule has 7 atom stereocenters. The first-order chi connectivity index (χ1) is 22.1. The van der Waals surface area contributed by atoms with E-state index in [0.717, 1.165) is 11.1 Å². The van der Waals surface area contributed by atoms with Gasteiger partial charge in [0.15, 0.2) is 0 Å². The fourth-order valence-corrected chi connectivity index (χ4v) is 8.10. The van der Waals surface area contributed by atoms with Crippen LogP contribution in [0.5, 0.6) is 0 Å². The Balaban J connectivity index is 1.49. The molecule has 2 saturated heterocycles. The highest BCUT2D eigenvalue weighted by atomic mass is 79.9. The molecule has 3 amide bonds. The number of nitrogens with zero attached hydrogens (tertiary/aromatic N) is 2. The topological polar surface area (TPSA) is 125 Å². The van der Waals surface area contributed by atoms with Gasteiger partial charge in [-0.25, -0.2) is 0 Å². The third kappa shape index (κ3) is 5.38. The standard InChI is InChI=1S/C35H38BrN3O7/c1-20-11-10-12-21(2)29(20)38-16-9-5-8-15-26(41)37-18-25(23-13-6-4-7-14-23)45-34(44)27-28-32(42)39(22(3)19-40)31(33(38)43)35(28)17-24(36)30(27)46-35/h4-7,9-14,17,22,25,27-28,30-31,40H,8,15-16,18-19H2,1-3H3,(H,37,41)/b9-5-/t22-,25-,27-,28+,30-,31-,35+/m1/s1. The Morgan fingerprint density at radius 1 is 1.02 bits per heavy atom. The van der Waals surface area contributed by atoms with E-state index in [9.17, 15) is 24.3 Å². The van der Waals surface area contributed by atoms with E-state index in [1.165, 1.54) is 4.90 Å². The predicted octanol–water partition coefficient (Wildman–Crippen LogP) is 3.64. The highest BCUT2D eigenvalue weighted by Crippen LogP contribution is 2.59. The van der Waals surface area contributed by atoms with Gasteiger partial charge in [-0.3, -0.25) is 19.2 Å². The molecular formula is C35H38BrN3O7. The van der Waals surface area contributed by atoms with E-state index in [0.29, 0.717) is 22.2 Å². The molecule has 46 heavy (non-hydrogen) atoms. The number of likely N-dealkylation sites (tertiary alicyclic amines) is 1. The van der Waals surface area contributed by atoms with E-state index < -0.39 is 59.5 Å². The highest BCUT2D eigenvalue weighted by Gasteiger charge is 2.75. The molecule has 11 heteroatoms. The summed E-state index contributed by atoms with van der Waals surface area (Å²) in [6.45, 7) is 5.36. The summed E-state index contributed by atoms with van der Waals surface area (Å²) in [6, 6.07) is 13.0. The average Bonchev–Trinajstić information content (AvgIpc) is 3.64. The molecule has 4 heterocycles. The van der Waals surface area contributed by atoms with Crippen molar-refractivity contribution in [3.05, 3.63) is 87.9 Å². The zero-order chi connectivity index (χ0) is 32.7. The van der Waals surface area contributed by atoms with Gasteiger partial charge in [0.05, 0.1) is 25.1 Å². The zero-order valence-electron chi connectivity index (χ0n) is 26.0. The summed E-state index contributed by atoms with van der Waals surface area (Å²) in [5.41, 5.74) is 1.65. The number of aryl methyl sites for hydroxylation is 2. The molecule has 10 nitrogen and oxygen atoms in total. The molecular weight excluding hydrogens is 654 g/mol. The van der Waals surface area contributed by atoms with Crippen molar-refractivity contribution >= 4 is 45.3 Å². The van der Waals surface area contributed by atoms with Crippen LogP contribution in [0, 0.1) is 25.7 Å². The summed E-state index contributed by atoms with van der Waals surface area (Å²) >= 11 is 3.58. The molecule has 0 unspecified atom stereocenters. The van der Waals surface area contributed by atoms with Crippen LogP contribution >= 0.6 is 15.9 Å². The smallest absolute Gasteiger partial charge is 0.313 e. The maximum Gasteiger partial charge on any atom is 0.313 e. The number of aliphatic hydroxyl groups excluding tert-OH is 1. The lowest BCUT2D eigenvalue weighted by Crippen LogP contribution is -2.58. The van der Waals surface area contributed by atoms with Crippen molar-refractivity contribution in [1.82, 2.24) is 10.2 Å². The van der Waals surface area contributed by atoms with E-state index in [2.05, 4.69) is 21.2 Å². The van der Waals surface area contributed by atoms with E-state index >= 15 is 0 Å². The lowest BCUT2D eigenvalue weighted by atomic mass is 9.74. The molecule has 0 radical (unpaired) electrons. The second kappa shape index (κ2) is 12.8. The third-order valence-electron chi connectivity index (χ3n) is 9.49. The number of halogens is 1. The number of esters is 1. The van der Waals surface area contributed by atoms with Crippen LogP contribution in [-0.4, -0.2) is 77.2 Å². The molecule has 4 aliphatic heterocycles. The monoisotopic (exact) mass is 691 g/mol. The highest BCUT2D eigenvalue weighted by molar-refractivity contribution is 9.11. The summed E-state index contributed by atoms with van der Waals surface area (Å²) in [7, 11) is 0. The van der Waals surface area contributed by atoms with Crippen LogP contribution in [0.2, 0.25) is 0 Å². The fourth-order valence-electron chi connectivity index (χ4n) is 7.36. The number of anilines is 1. The maximum atomic E-state index is 15.0. The van der Waals surface area contributed by atoms with Crippen LogP contribution in [0.25, 0.3) is 0 Å². The number of cyclic esters (lactones) is 1. The lowest BCUT2D eigenvalue weighted by molar-refractivity contribution is -0.160. The molecule has 4 aliphatic rings. The first-order valence-electron chi connectivity index (χ1n) is 15.6. The normalized spacial score (nSPS) is 31.3. The van der Waals surface area contributed by atoms with Gasteiger partial charge in [0, 0.05) is 23.1 Å². The van der Waals surface area contributed by atoms with Gasteiger partial charge in [0.25, 0.3) is 5.91 Å². The van der Waals surface area contributed by atoms with E-state index in [1.807, 2.05) is 74.5 Å². The van der Waals surface area contributed by atoms with Crippen LogP contribution in [0.3, 0.4) is 0 Å². The number of carbonyl (C=O) groups is 4. The van der Waals surface area contributed by atoms with Crippen LogP contribution in [-0.2, 0) is 28.7 Å². The number of aliphatic hydroxyl groups is 1. The van der Waals surface area contributed by atoms with E-state index in [4.69, 9.17) is 9.47 Å². The molecule has 5 bridgehead atoms. The quantitative estimate of drug-likeness (QED) is 0.371. The number of allylic oxidation sites excluding steroid dienone is 1. The van der Waals surface area contributed by atoms with Crippen LogP contribution in [0.1, 0.15) is 42.6 Å². The minimum absolute atomic E-state index is 0.0480. The molecule has 1 spiro atoms. The molecule has 6 rings (SSSR count). The number of hydrogen-bond acceptors (Lipinski definition) is 7. The number of fused-ring (bicyclic) bond motifs is 2. The molecule has 2 aromatic rings. The molecule has 0 aliphatic carbocycles. The van der Waals surface area contributed by atoms with Gasteiger partial charge in [-0.2, -0.15) is 0 Å². The molecule has 2 aromatic carbocycles. The molecule has 242 valence electrons. The van der Waals surface area contributed by atoms with Gasteiger partial charge < -0.3 is 29.7 Å². The number of benzene rings is 2. The van der Waals surface area contributed by atoms with Gasteiger partial charge in [-0.05, 0) is 50.0 Å². The van der Waals surface area contributed by atoms with Crippen molar-refractivity contribution in [3.63, 3.8) is 0 Å². The largest absolute Gasteiger partial charge is 0.455 e. The minimum Gasteiger partial charge on any atom is -0.455 e. The summed E-state index contributed by atoms with van der Waals surface area (Å²) in [5, 5.41) is 13.2. The Hall–Kier alpha value is -3.80. The van der Waals surface area contributed by atoms with Crippen molar-refractivity contribution < 1.29 is 33.8 Å². The number of carbonyl (C=O) groups excluding carboxylic acids is 4. The molecule has 2 N–H and O–H groups in total. The Bertz CT molecular complexity index is 1590. The molecule has 0 aromatic heterocycles. The lowest BCUT2D eigenvalue weighted by Gasteiger charge is -2.38. The third-order valence-corrected chi connectivity index (χ3v) is 10.2. The molecule has 2 fully saturated rings. The first kappa shape index (κ1) is 32.2. The van der Waals surface area contributed by atoms with Gasteiger partial charge in [-0.1, -0.05) is 76.6 Å². The number of para-hydroxylation sites is 1. The van der Waals surface area contributed by atoms with Gasteiger partial charge in [-0.15, -0.1) is 0 Å². The Morgan fingerprint density at radius 2 is 1.74 bits per heavy atom. The van der Waals surface area contributed by atoms with Crippen molar-refractivity contribution in [2.75, 3.05) is 24.6 Å². The average molecular weight is 693 g/mol. The van der Waals surface area contributed by atoms with Gasteiger partial charge >= 0.3 is 5.97 Å². The maximum absolute atomic E-state index is 15.0. The Morgan fingerprint density at radius 3 is 2.43 bits per heavy atom. The number of ether oxygens (including phenoxy) is 2. The first-order valence-corrected chi connectivity index (χ1v) is 16.4. The van der Waals surface area contributed by atoms with E-state index in [1.54, 1.807) is 17.9 Å². The fraction of sp³-hybridized carbons (Fsp3) is 0.429. The number of rotatable bonds is 4. The summed E-state index contributed by atoms with van der Waals surface area (Å²) < 4.78 is 13.2. The second-order valence-corrected chi connectivity index (χ2v) is 13.4. The second-order valence-electron chi connectivity index (χ2n) is 12.4. The SMILES string of the molecule is Cc1cccc(C)c1N1C/C=C\CCC(=O)NC[C@H](c2ccccc2)OC(=O)[C@H]2[C@@H]3O[C@@]4(C=C3Br)[C@@H]2C(=O)N([C@H](C)CO)[C@@H]4C1=O. The minimum atomic E-state index is -1.48. The van der Waals surface area contributed by atoms with Crippen molar-refractivity contribution in [2.45, 2.75) is 63.5 Å². The number of nitrogens with one attached hydrogen (secondary N) is 1.